The largest absolute Gasteiger partial charge is 0.394 e. The fourth-order valence-corrected chi connectivity index (χ4v) is 3.22. The van der Waals surface area contributed by atoms with E-state index in [-0.39, 0.29) is 24.6 Å². The number of aliphatic hydroxyl groups is 1. The number of piperidine rings is 1. The minimum atomic E-state index is -0.0362. The first-order chi connectivity index (χ1) is 8.74. The normalized spacial score (nSPS) is 34.1. The molecule has 4 nitrogen and oxygen atoms in total. The number of hydrogen-bond donors (Lipinski definition) is 2. The Hall–Kier alpha value is -0.610. The van der Waals surface area contributed by atoms with Crippen molar-refractivity contribution in [1.29, 1.82) is 0 Å². The van der Waals surface area contributed by atoms with Gasteiger partial charge in [0.25, 0.3) is 0 Å². The van der Waals surface area contributed by atoms with Crippen molar-refractivity contribution in [2.24, 2.45) is 5.92 Å². The fraction of sp³-hybridized carbons (Fsp3) is 0.929. The topological polar surface area (TPSA) is 52.6 Å². The standard InChI is InChI=1S/C14H26N2O2/c1-11-6-5-8-15-13(11)14(18)16-9-4-2-3-7-12(16)10-17/h11-13,15,17H,2-10H2,1H3. The molecular weight excluding hydrogens is 228 g/mol. The molecule has 0 aromatic rings. The second-order valence-corrected chi connectivity index (χ2v) is 5.77. The Labute approximate surface area is 110 Å². The van der Waals surface area contributed by atoms with Gasteiger partial charge in [0.05, 0.1) is 18.7 Å². The zero-order valence-corrected chi connectivity index (χ0v) is 11.4. The van der Waals surface area contributed by atoms with Crippen LogP contribution in [0.25, 0.3) is 0 Å². The lowest BCUT2D eigenvalue weighted by Gasteiger charge is -2.36. The van der Waals surface area contributed by atoms with Gasteiger partial charge in [-0.2, -0.15) is 0 Å². The molecule has 104 valence electrons. The van der Waals surface area contributed by atoms with Crippen LogP contribution in [-0.4, -0.2) is 47.7 Å². The number of rotatable bonds is 2. The first-order valence-electron chi connectivity index (χ1n) is 7.38. The Morgan fingerprint density at radius 2 is 2.11 bits per heavy atom. The molecule has 2 rings (SSSR count). The van der Waals surface area contributed by atoms with Crippen molar-refractivity contribution in [3.05, 3.63) is 0 Å². The van der Waals surface area contributed by atoms with Crippen LogP contribution in [-0.2, 0) is 4.79 Å². The summed E-state index contributed by atoms with van der Waals surface area (Å²) in [5, 5.41) is 12.8. The van der Waals surface area contributed by atoms with Crippen molar-refractivity contribution in [2.45, 2.75) is 57.5 Å². The highest BCUT2D eigenvalue weighted by molar-refractivity contribution is 5.82. The third kappa shape index (κ3) is 3.04. The van der Waals surface area contributed by atoms with E-state index in [9.17, 15) is 9.90 Å². The van der Waals surface area contributed by atoms with E-state index in [1.165, 1.54) is 6.42 Å². The molecule has 2 saturated heterocycles. The molecule has 2 fully saturated rings. The Kier molecular flexibility index (Phi) is 5.01. The summed E-state index contributed by atoms with van der Waals surface area (Å²) in [6.45, 7) is 4.01. The highest BCUT2D eigenvalue weighted by Crippen LogP contribution is 2.22. The predicted molar refractivity (Wildman–Crippen MR) is 71.2 cm³/mol. The van der Waals surface area contributed by atoms with E-state index in [1.807, 2.05) is 4.90 Å². The van der Waals surface area contributed by atoms with Gasteiger partial charge in [-0.3, -0.25) is 4.79 Å². The van der Waals surface area contributed by atoms with Gasteiger partial charge in [-0.05, 0) is 38.1 Å². The molecule has 3 unspecified atom stereocenters. The highest BCUT2D eigenvalue weighted by atomic mass is 16.3. The van der Waals surface area contributed by atoms with Crippen LogP contribution < -0.4 is 5.32 Å². The van der Waals surface area contributed by atoms with Gasteiger partial charge in [0.2, 0.25) is 5.91 Å². The lowest BCUT2D eigenvalue weighted by Crippen LogP contribution is -2.55. The molecule has 3 atom stereocenters. The summed E-state index contributed by atoms with van der Waals surface area (Å²) in [5.74, 6) is 0.622. The quantitative estimate of drug-likeness (QED) is 0.777. The monoisotopic (exact) mass is 254 g/mol. The van der Waals surface area contributed by atoms with Crippen molar-refractivity contribution >= 4 is 5.91 Å². The molecule has 2 aliphatic rings. The van der Waals surface area contributed by atoms with Crippen LogP contribution in [0.4, 0.5) is 0 Å². The Morgan fingerprint density at radius 1 is 1.28 bits per heavy atom. The molecule has 1 amide bonds. The van der Waals surface area contributed by atoms with Crippen LogP contribution in [0.3, 0.4) is 0 Å². The number of amides is 1. The number of likely N-dealkylation sites (tertiary alicyclic amines) is 1. The molecule has 2 aliphatic heterocycles. The SMILES string of the molecule is CC1CCCNC1C(=O)N1CCCCCC1CO. The van der Waals surface area contributed by atoms with E-state index < -0.39 is 0 Å². The van der Waals surface area contributed by atoms with E-state index in [0.717, 1.165) is 45.2 Å². The van der Waals surface area contributed by atoms with Crippen molar-refractivity contribution < 1.29 is 9.90 Å². The molecule has 0 radical (unpaired) electrons. The number of aliphatic hydroxyl groups excluding tert-OH is 1. The zero-order valence-electron chi connectivity index (χ0n) is 11.4. The maximum Gasteiger partial charge on any atom is 0.240 e. The van der Waals surface area contributed by atoms with Crippen molar-refractivity contribution in [1.82, 2.24) is 10.2 Å². The molecule has 2 N–H and O–H groups in total. The lowest BCUT2D eigenvalue weighted by molar-refractivity contribution is -0.138. The van der Waals surface area contributed by atoms with Gasteiger partial charge >= 0.3 is 0 Å². The van der Waals surface area contributed by atoms with Crippen LogP contribution in [0, 0.1) is 5.92 Å². The summed E-state index contributed by atoms with van der Waals surface area (Å²) in [5.41, 5.74) is 0. The Morgan fingerprint density at radius 3 is 2.83 bits per heavy atom. The fourth-order valence-electron chi connectivity index (χ4n) is 3.22. The van der Waals surface area contributed by atoms with Gasteiger partial charge in [-0.1, -0.05) is 19.8 Å². The van der Waals surface area contributed by atoms with E-state index in [1.54, 1.807) is 0 Å². The lowest BCUT2D eigenvalue weighted by atomic mass is 9.91. The summed E-state index contributed by atoms with van der Waals surface area (Å²) in [7, 11) is 0. The summed E-state index contributed by atoms with van der Waals surface area (Å²) in [4.78, 5) is 14.6. The molecule has 0 saturated carbocycles. The minimum Gasteiger partial charge on any atom is -0.394 e. The number of nitrogens with zero attached hydrogens (tertiary/aromatic N) is 1. The van der Waals surface area contributed by atoms with Crippen LogP contribution in [0.5, 0.6) is 0 Å². The average molecular weight is 254 g/mol. The molecule has 0 aromatic heterocycles. The summed E-state index contributed by atoms with van der Waals surface area (Å²) in [6.07, 6.45) is 6.61. The van der Waals surface area contributed by atoms with Gasteiger partial charge in [-0.25, -0.2) is 0 Å². The van der Waals surface area contributed by atoms with Crippen molar-refractivity contribution in [2.75, 3.05) is 19.7 Å². The van der Waals surface area contributed by atoms with E-state index >= 15 is 0 Å². The molecule has 4 heteroatoms. The Balaban J connectivity index is 2.04. The minimum absolute atomic E-state index is 0.0362. The second-order valence-electron chi connectivity index (χ2n) is 5.77. The highest BCUT2D eigenvalue weighted by Gasteiger charge is 2.34. The third-order valence-electron chi connectivity index (χ3n) is 4.41. The molecule has 18 heavy (non-hydrogen) atoms. The van der Waals surface area contributed by atoms with Gasteiger partial charge in [0, 0.05) is 6.54 Å². The van der Waals surface area contributed by atoms with Crippen LogP contribution in [0.2, 0.25) is 0 Å². The number of nitrogens with one attached hydrogen (secondary N) is 1. The second kappa shape index (κ2) is 6.53. The van der Waals surface area contributed by atoms with E-state index in [2.05, 4.69) is 12.2 Å². The van der Waals surface area contributed by atoms with Crippen LogP contribution in [0.15, 0.2) is 0 Å². The molecule has 0 aliphatic carbocycles. The van der Waals surface area contributed by atoms with Gasteiger partial charge in [-0.15, -0.1) is 0 Å². The summed E-state index contributed by atoms with van der Waals surface area (Å²) < 4.78 is 0. The summed E-state index contributed by atoms with van der Waals surface area (Å²) >= 11 is 0. The summed E-state index contributed by atoms with van der Waals surface area (Å²) in [6, 6.07) is 0.00169. The van der Waals surface area contributed by atoms with E-state index in [4.69, 9.17) is 0 Å². The average Bonchev–Trinajstić information content (AvgIpc) is 2.63. The maximum atomic E-state index is 12.6. The van der Waals surface area contributed by atoms with Gasteiger partial charge < -0.3 is 15.3 Å². The van der Waals surface area contributed by atoms with Crippen LogP contribution in [0.1, 0.15) is 45.4 Å². The number of hydrogen-bond acceptors (Lipinski definition) is 3. The number of carbonyl (C=O) groups is 1. The van der Waals surface area contributed by atoms with E-state index in [0.29, 0.717) is 5.92 Å². The first-order valence-corrected chi connectivity index (χ1v) is 7.38. The number of carbonyl (C=O) groups excluding carboxylic acids is 1. The van der Waals surface area contributed by atoms with Crippen LogP contribution >= 0.6 is 0 Å². The zero-order chi connectivity index (χ0) is 13.0. The van der Waals surface area contributed by atoms with Gasteiger partial charge in [0.1, 0.15) is 0 Å². The molecule has 0 spiro atoms. The molecule has 0 aromatic carbocycles. The Bertz CT molecular complexity index is 283. The predicted octanol–water partition coefficient (Wildman–Crippen LogP) is 1.14. The smallest absolute Gasteiger partial charge is 0.240 e. The molecular formula is C14H26N2O2. The van der Waals surface area contributed by atoms with Crippen molar-refractivity contribution in [3.63, 3.8) is 0 Å². The van der Waals surface area contributed by atoms with Gasteiger partial charge in [0.15, 0.2) is 0 Å². The third-order valence-corrected chi connectivity index (χ3v) is 4.41. The maximum absolute atomic E-state index is 12.6. The molecule has 0 bridgehead atoms. The molecule has 2 heterocycles. The first kappa shape index (κ1) is 13.8. The van der Waals surface area contributed by atoms with Crippen molar-refractivity contribution in [3.8, 4) is 0 Å².